The minimum Gasteiger partial charge on any atom is -0.478 e. The fourth-order valence-corrected chi connectivity index (χ4v) is 1.81. The zero-order valence-electron chi connectivity index (χ0n) is 13.3. The number of benzene rings is 2. The Morgan fingerprint density at radius 3 is 1.77 bits per heavy atom. The minimum absolute atomic E-state index is 0.0823. The average molecular weight is 374 g/mol. The summed E-state index contributed by atoms with van der Waals surface area (Å²) >= 11 is 0. The summed E-state index contributed by atoms with van der Waals surface area (Å²) in [4.78, 5) is 20.9. The van der Waals surface area contributed by atoms with E-state index in [4.69, 9.17) is 15.9 Å². The molecule has 0 atom stereocenters. The molecule has 2 aromatic rings. The van der Waals surface area contributed by atoms with E-state index in [1.54, 1.807) is 6.92 Å². The van der Waals surface area contributed by atoms with Crippen LogP contribution < -0.4 is 11.1 Å². The van der Waals surface area contributed by atoms with Crippen molar-refractivity contribution in [1.29, 1.82) is 0 Å². The Balaban J connectivity index is 0.000000263. The van der Waals surface area contributed by atoms with E-state index in [1.807, 2.05) is 0 Å². The number of carbonyl (C=O) groups is 2. The van der Waals surface area contributed by atoms with Gasteiger partial charge in [-0.2, -0.15) is 0 Å². The fraction of sp³-hybridized carbons (Fsp3) is 0.125. The molecular weight excluding hydrogens is 360 g/mol. The number of carboxylic acids is 2. The molecule has 0 aliphatic rings. The first-order valence-corrected chi connectivity index (χ1v) is 7.02. The van der Waals surface area contributed by atoms with E-state index < -0.39 is 40.8 Å². The van der Waals surface area contributed by atoms with Gasteiger partial charge in [0.15, 0.2) is 23.3 Å². The van der Waals surface area contributed by atoms with E-state index in [-0.39, 0.29) is 16.9 Å². The normalized spacial score (nSPS) is 9.88. The van der Waals surface area contributed by atoms with E-state index in [2.05, 4.69) is 5.32 Å². The van der Waals surface area contributed by atoms with Crippen LogP contribution in [0.4, 0.5) is 28.9 Å². The number of nitrogens with one attached hydrogen (secondary N) is 1. The second kappa shape index (κ2) is 8.70. The number of aromatic carboxylic acids is 2. The van der Waals surface area contributed by atoms with Gasteiger partial charge in [0, 0.05) is 24.4 Å². The van der Waals surface area contributed by atoms with Crippen LogP contribution in [0.15, 0.2) is 24.3 Å². The first kappa shape index (κ1) is 20.7. The van der Waals surface area contributed by atoms with E-state index in [0.717, 1.165) is 6.07 Å². The standard InChI is InChI=1S/C9H9F2NO2.C7H5F2NO2/c1-2-12-8-4-7(11)6(10)3-5(8)9(13)14;8-4-1-3(7(11)12)6(10)2-5(4)9/h3-4,12H,2H2,1H3,(H,13,14);1-2H,10H2,(H,11,12). The van der Waals surface area contributed by atoms with Gasteiger partial charge in [0.2, 0.25) is 0 Å². The van der Waals surface area contributed by atoms with Crippen LogP contribution in [0, 0.1) is 23.3 Å². The number of rotatable bonds is 4. The summed E-state index contributed by atoms with van der Waals surface area (Å²) in [6.07, 6.45) is 0. The molecule has 140 valence electrons. The van der Waals surface area contributed by atoms with Gasteiger partial charge in [-0.3, -0.25) is 0 Å². The Bertz CT molecular complexity index is 843. The third kappa shape index (κ3) is 5.10. The molecule has 10 heteroatoms. The second-order valence-electron chi connectivity index (χ2n) is 4.81. The number of nitrogen functional groups attached to an aromatic ring is 1. The molecular formula is C16H14F4N2O4. The molecule has 26 heavy (non-hydrogen) atoms. The van der Waals surface area contributed by atoms with Crippen molar-refractivity contribution in [2.75, 3.05) is 17.6 Å². The summed E-state index contributed by atoms with van der Waals surface area (Å²) in [6, 6.07) is 2.68. The summed E-state index contributed by atoms with van der Waals surface area (Å²) in [5.74, 6) is -7.28. The third-order valence-corrected chi connectivity index (χ3v) is 2.98. The molecule has 0 heterocycles. The van der Waals surface area contributed by atoms with Crippen LogP contribution in [0.5, 0.6) is 0 Å². The highest BCUT2D eigenvalue weighted by Crippen LogP contribution is 2.20. The van der Waals surface area contributed by atoms with Crippen LogP contribution in [-0.4, -0.2) is 28.7 Å². The summed E-state index contributed by atoms with van der Waals surface area (Å²) in [5, 5.41) is 19.7. The van der Waals surface area contributed by atoms with E-state index in [9.17, 15) is 27.2 Å². The summed E-state index contributed by atoms with van der Waals surface area (Å²) in [5.41, 5.74) is 4.19. The van der Waals surface area contributed by atoms with Gasteiger partial charge < -0.3 is 21.3 Å². The third-order valence-electron chi connectivity index (χ3n) is 2.98. The lowest BCUT2D eigenvalue weighted by Crippen LogP contribution is -2.07. The van der Waals surface area contributed by atoms with Gasteiger partial charge in [0.1, 0.15) is 0 Å². The van der Waals surface area contributed by atoms with Crippen molar-refractivity contribution >= 4 is 23.3 Å². The lowest BCUT2D eigenvalue weighted by atomic mass is 10.1. The Labute approximate surface area is 144 Å². The highest BCUT2D eigenvalue weighted by molar-refractivity contribution is 5.94. The van der Waals surface area contributed by atoms with Crippen molar-refractivity contribution < 1.29 is 37.4 Å². The molecule has 5 N–H and O–H groups in total. The lowest BCUT2D eigenvalue weighted by molar-refractivity contribution is 0.0686. The molecule has 0 aliphatic carbocycles. The van der Waals surface area contributed by atoms with Crippen LogP contribution >= 0.6 is 0 Å². The van der Waals surface area contributed by atoms with E-state index in [1.165, 1.54) is 0 Å². The topological polar surface area (TPSA) is 113 Å². The Hall–Kier alpha value is -3.30. The quantitative estimate of drug-likeness (QED) is 0.482. The van der Waals surface area contributed by atoms with Crippen LogP contribution in [0.1, 0.15) is 27.6 Å². The van der Waals surface area contributed by atoms with Gasteiger partial charge in [-0.15, -0.1) is 0 Å². The molecule has 0 saturated carbocycles. The Morgan fingerprint density at radius 2 is 1.31 bits per heavy atom. The van der Waals surface area contributed by atoms with Crippen molar-refractivity contribution in [3.05, 3.63) is 58.7 Å². The van der Waals surface area contributed by atoms with Gasteiger partial charge in [0.25, 0.3) is 0 Å². The molecule has 0 saturated heterocycles. The molecule has 0 radical (unpaired) electrons. The van der Waals surface area contributed by atoms with Gasteiger partial charge >= 0.3 is 11.9 Å². The predicted molar refractivity (Wildman–Crippen MR) is 85.2 cm³/mol. The molecule has 0 aromatic heterocycles. The summed E-state index contributed by atoms with van der Waals surface area (Å²) in [7, 11) is 0. The number of nitrogens with two attached hydrogens (primary N) is 1. The molecule has 0 bridgehead atoms. The first-order chi connectivity index (χ1) is 12.1. The van der Waals surface area contributed by atoms with Crippen molar-refractivity contribution in [2.24, 2.45) is 0 Å². The first-order valence-electron chi connectivity index (χ1n) is 7.02. The zero-order chi connectivity index (χ0) is 20.0. The van der Waals surface area contributed by atoms with Crippen LogP contribution in [0.3, 0.4) is 0 Å². The number of hydrogen-bond donors (Lipinski definition) is 4. The summed E-state index contributed by atoms with van der Waals surface area (Å²) in [6.45, 7) is 2.16. The molecule has 0 fully saturated rings. The highest BCUT2D eigenvalue weighted by atomic mass is 19.2. The molecule has 2 rings (SSSR count). The maximum atomic E-state index is 12.7. The number of anilines is 2. The van der Waals surface area contributed by atoms with Gasteiger partial charge in [0.05, 0.1) is 16.8 Å². The van der Waals surface area contributed by atoms with Gasteiger partial charge in [-0.1, -0.05) is 0 Å². The monoisotopic (exact) mass is 374 g/mol. The number of halogens is 4. The van der Waals surface area contributed by atoms with Crippen LogP contribution in [0.25, 0.3) is 0 Å². The van der Waals surface area contributed by atoms with Crippen LogP contribution in [0.2, 0.25) is 0 Å². The molecule has 2 aromatic carbocycles. The van der Waals surface area contributed by atoms with E-state index in [0.29, 0.717) is 24.7 Å². The average Bonchev–Trinajstić information content (AvgIpc) is 2.54. The van der Waals surface area contributed by atoms with Crippen molar-refractivity contribution in [3.8, 4) is 0 Å². The number of hydrogen-bond acceptors (Lipinski definition) is 4. The minimum atomic E-state index is -1.38. The van der Waals surface area contributed by atoms with Crippen LogP contribution in [-0.2, 0) is 0 Å². The largest absolute Gasteiger partial charge is 0.478 e. The SMILES string of the molecule is CCNc1cc(F)c(F)cc1C(=O)O.Nc1cc(F)c(F)cc1C(=O)O. The Morgan fingerprint density at radius 1 is 0.885 bits per heavy atom. The Kier molecular flexibility index (Phi) is 6.94. The molecule has 0 spiro atoms. The molecule has 6 nitrogen and oxygen atoms in total. The summed E-state index contributed by atoms with van der Waals surface area (Å²) < 4.78 is 50.2. The zero-order valence-corrected chi connectivity index (χ0v) is 13.3. The predicted octanol–water partition coefficient (Wildman–Crippen LogP) is 3.34. The smallest absolute Gasteiger partial charge is 0.337 e. The van der Waals surface area contributed by atoms with E-state index >= 15 is 0 Å². The molecule has 0 unspecified atom stereocenters. The van der Waals surface area contributed by atoms with Gasteiger partial charge in [-0.25, -0.2) is 27.2 Å². The lowest BCUT2D eigenvalue weighted by Gasteiger charge is -2.07. The number of carboxylic acid groups (broad SMARTS) is 2. The maximum absolute atomic E-state index is 12.7. The van der Waals surface area contributed by atoms with Crippen molar-refractivity contribution in [3.63, 3.8) is 0 Å². The van der Waals surface area contributed by atoms with Gasteiger partial charge in [-0.05, 0) is 19.1 Å². The molecule has 0 amide bonds. The fourth-order valence-electron chi connectivity index (χ4n) is 1.81. The highest BCUT2D eigenvalue weighted by Gasteiger charge is 2.14. The van der Waals surface area contributed by atoms with Crippen molar-refractivity contribution in [1.82, 2.24) is 0 Å². The maximum Gasteiger partial charge on any atom is 0.337 e. The second-order valence-corrected chi connectivity index (χ2v) is 4.81. The molecule has 0 aliphatic heterocycles. The van der Waals surface area contributed by atoms with Crippen molar-refractivity contribution in [2.45, 2.75) is 6.92 Å².